The van der Waals surface area contributed by atoms with Crippen LogP contribution in [0.15, 0.2) is 41.7 Å². The number of hydrogen-bond donors (Lipinski definition) is 6. The van der Waals surface area contributed by atoms with Gasteiger partial charge in [-0.1, -0.05) is 47.4 Å². The lowest BCUT2D eigenvalue weighted by molar-refractivity contribution is -0.231. The zero-order chi connectivity index (χ0) is 32.0. The number of nitrogens with one attached hydrogen (secondary N) is 4. The van der Waals surface area contributed by atoms with Gasteiger partial charge in [0.2, 0.25) is 27.4 Å². The van der Waals surface area contributed by atoms with E-state index >= 15 is 0 Å². The Morgan fingerprint density at radius 3 is 2.59 bits per heavy atom. The molecule has 0 radical (unpaired) electrons. The fraction of sp³-hybridized carbons (Fsp3) is 0.500. The van der Waals surface area contributed by atoms with Crippen molar-refractivity contribution in [1.29, 1.82) is 0 Å². The zero-order valence-electron chi connectivity index (χ0n) is 23.3. The number of ether oxygens (including phenoxy) is 2. The third-order valence-corrected chi connectivity index (χ3v) is 8.03. The van der Waals surface area contributed by atoms with Crippen molar-refractivity contribution >= 4 is 64.6 Å². The van der Waals surface area contributed by atoms with Crippen LogP contribution in [0.2, 0.25) is 0 Å². The Morgan fingerprint density at radius 1 is 1.23 bits per heavy atom. The minimum Gasteiger partial charge on any atom is -0.494 e. The molecule has 3 saturated heterocycles. The van der Waals surface area contributed by atoms with E-state index in [1.807, 2.05) is 0 Å². The minimum atomic E-state index is -2.76. The molecule has 4 amide bonds. The fourth-order valence-electron chi connectivity index (χ4n) is 5.86. The lowest BCUT2D eigenvalue weighted by Gasteiger charge is -2.49. The van der Waals surface area contributed by atoms with Gasteiger partial charge >= 0.3 is 6.09 Å². The summed E-state index contributed by atoms with van der Waals surface area (Å²) in [5, 5.41) is 34.7. The quantitative estimate of drug-likeness (QED) is 0.128. The van der Waals surface area contributed by atoms with Crippen LogP contribution < -0.4 is 26.0 Å². The molecule has 0 aromatic heterocycles. The van der Waals surface area contributed by atoms with Gasteiger partial charge in [-0.25, -0.2) is 9.79 Å². The molecule has 1 spiro atoms. The number of alkyl carbamates (subject to hydrolysis) is 1. The Labute approximate surface area is 266 Å². The van der Waals surface area contributed by atoms with Gasteiger partial charge in [0.05, 0.1) is 31.1 Å². The third-order valence-electron chi connectivity index (χ3n) is 7.71. The van der Waals surface area contributed by atoms with Crippen molar-refractivity contribution in [1.82, 2.24) is 31.1 Å². The molecule has 4 heterocycles. The zero-order valence-corrected chi connectivity index (χ0v) is 25.6. The molecule has 0 bridgehead atoms. The Balaban J connectivity index is 1.50. The van der Waals surface area contributed by atoms with Crippen molar-refractivity contribution in [3.8, 4) is 5.75 Å². The van der Waals surface area contributed by atoms with Crippen LogP contribution in [0, 0.1) is 0 Å². The minimum absolute atomic E-state index is 0.0204. The lowest BCUT2D eigenvalue weighted by atomic mass is 9.85. The predicted molar refractivity (Wildman–Crippen MR) is 157 cm³/mol. The van der Waals surface area contributed by atoms with Crippen LogP contribution in [0.4, 0.5) is 4.79 Å². The molecule has 4 aliphatic rings. The molecule has 0 aliphatic carbocycles. The second-order valence-electron chi connectivity index (χ2n) is 10.6. The lowest BCUT2D eigenvalue weighted by Crippen LogP contribution is -2.78. The summed E-state index contributed by atoms with van der Waals surface area (Å²) in [5.41, 5.74) is -1.73. The molecule has 1 aromatic carbocycles. The number of aliphatic imine (C=N–C) groups is 1. The first-order chi connectivity index (χ1) is 20.7. The molecular weight excluding hydrogens is 645 g/mol. The Hall–Kier alpha value is -3.50. The number of halogens is 3. The highest BCUT2D eigenvalue weighted by Crippen LogP contribution is 2.45. The normalized spacial score (nSPS) is 27.2. The van der Waals surface area contributed by atoms with Gasteiger partial charge in [0, 0.05) is 24.9 Å². The van der Waals surface area contributed by atoms with E-state index in [1.165, 1.54) is 17.0 Å². The highest BCUT2D eigenvalue weighted by atomic mass is 35.6. The van der Waals surface area contributed by atoms with Gasteiger partial charge in [-0.2, -0.15) is 0 Å². The summed E-state index contributed by atoms with van der Waals surface area (Å²) in [6.07, 6.45) is -1.05. The molecule has 18 heteroatoms. The van der Waals surface area contributed by atoms with E-state index in [4.69, 9.17) is 44.3 Å². The number of carbonyl (C=O) groups excluding carboxylic acids is 4. The summed E-state index contributed by atoms with van der Waals surface area (Å²) < 4.78 is 8.54. The molecule has 1 unspecified atom stereocenters. The average Bonchev–Trinajstić information content (AvgIpc) is 3.54. The van der Waals surface area contributed by atoms with Gasteiger partial charge in [0.15, 0.2) is 5.66 Å². The van der Waals surface area contributed by atoms with Crippen LogP contribution in [-0.4, -0.2) is 109 Å². The maximum atomic E-state index is 13.3. The summed E-state index contributed by atoms with van der Waals surface area (Å²) in [6.45, 7) is 4.87. The number of guanidine groups is 1. The van der Waals surface area contributed by atoms with Crippen LogP contribution in [0.3, 0.4) is 0 Å². The number of carbonyl (C=O) groups is 4. The maximum absolute atomic E-state index is 13.3. The van der Waals surface area contributed by atoms with Gasteiger partial charge in [-0.3, -0.25) is 24.6 Å². The summed E-state index contributed by atoms with van der Waals surface area (Å²) in [5.74, 6) is -3.88. The maximum Gasteiger partial charge on any atom is 0.414 e. The summed E-state index contributed by atoms with van der Waals surface area (Å²) >= 11 is 17.1. The standard InChI is InChI=1S/C26H30Cl3N7O8/c1-3-43-15-6-4-5-14(9-15)21(39)32-17-11-36-22(33-23(40)44-12-24(27,28)29)31-16(10-35-18(37)7-8-19(35)38)20-25(36,26(17,41)42)34-13(2)30-20/h4-6,9,16-17,20,30,34,41-42H,2-3,7-8,10-12H2,1H3,(H,32,39)(H,31,33,40)/t16-,17?,20-,25-/m0/s1. The number of nitrogens with zero attached hydrogens (tertiary/aromatic N) is 3. The van der Waals surface area contributed by atoms with E-state index in [0.717, 1.165) is 4.90 Å². The number of rotatable bonds is 7. The summed E-state index contributed by atoms with van der Waals surface area (Å²) in [7, 11) is 0. The molecule has 5 rings (SSSR count). The monoisotopic (exact) mass is 673 g/mol. The van der Waals surface area contributed by atoms with Crippen LogP contribution in [0.5, 0.6) is 5.75 Å². The highest BCUT2D eigenvalue weighted by Gasteiger charge is 2.74. The van der Waals surface area contributed by atoms with Gasteiger partial charge < -0.3 is 40.5 Å². The molecular formula is C26H30Cl3N7O8. The van der Waals surface area contributed by atoms with Crippen molar-refractivity contribution in [2.75, 3.05) is 26.3 Å². The first-order valence-electron chi connectivity index (χ1n) is 13.6. The average molecular weight is 675 g/mol. The van der Waals surface area contributed by atoms with Crippen molar-refractivity contribution < 1.29 is 38.9 Å². The van der Waals surface area contributed by atoms with Crippen molar-refractivity contribution in [3.05, 3.63) is 42.2 Å². The van der Waals surface area contributed by atoms with E-state index in [9.17, 15) is 29.4 Å². The van der Waals surface area contributed by atoms with Crippen molar-refractivity contribution in [2.24, 2.45) is 4.99 Å². The van der Waals surface area contributed by atoms with E-state index in [-0.39, 0.29) is 43.3 Å². The number of benzene rings is 1. The Kier molecular flexibility index (Phi) is 8.54. The van der Waals surface area contributed by atoms with Gasteiger partial charge in [-0.15, -0.1) is 0 Å². The van der Waals surface area contributed by atoms with E-state index < -0.39 is 63.8 Å². The van der Waals surface area contributed by atoms with Crippen LogP contribution >= 0.6 is 34.8 Å². The van der Waals surface area contributed by atoms with Gasteiger partial charge in [-0.05, 0) is 25.1 Å². The number of likely N-dealkylation sites (tertiary alicyclic amines) is 1. The van der Waals surface area contributed by atoms with E-state index in [2.05, 4.69) is 32.8 Å². The number of alkyl halides is 3. The molecule has 1 aromatic rings. The van der Waals surface area contributed by atoms with Crippen molar-refractivity contribution in [3.63, 3.8) is 0 Å². The topological polar surface area (TPSA) is 194 Å². The van der Waals surface area contributed by atoms with Crippen LogP contribution in [-0.2, 0) is 14.3 Å². The molecule has 44 heavy (non-hydrogen) atoms. The summed E-state index contributed by atoms with van der Waals surface area (Å²) in [6, 6.07) is 2.88. The SMILES string of the molecule is C=C1N[C@H]2[C@H](CN3C(=O)CCC3=O)N=C(NC(=O)OCC(Cl)(Cl)Cl)N3CC(NC(=O)c4cccc(OCC)c4)C(O)(O)[C@]23N1. The second kappa shape index (κ2) is 11.8. The van der Waals surface area contributed by atoms with Crippen LogP contribution in [0.25, 0.3) is 0 Å². The fourth-order valence-corrected chi connectivity index (χ4v) is 6.02. The van der Waals surface area contributed by atoms with E-state index in [1.54, 1.807) is 19.1 Å². The van der Waals surface area contributed by atoms with Crippen molar-refractivity contribution in [2.45, 2.75) is 53.1 Å². The van der Waals surface area contributed by atoms with Gasteiger partial charge in [0.1, 0.15) is 18.4 Å². The van der Waals surface area contributed by atoms with Crippen LogP contribution in [0.1, 0.15) is 30.1 Å². The number of amides is 4. The Bertz CT molecular complexity index is 1400. The highest BCUT2D eigenvalue weighted by molar-refractivity contribution is 6.67. The summed E-state index contributed by atoms with van der Waals surface area (Å²) in [4.78, 5) is 58.0. The molecule has 15 nitrogen and oxygen atoms in total. The molecule has 4 atom stereocenters. The smallest absolute Gasteiger partial charge is 0.414 e. The van der Waals surface area contributed by atoms with E-state index in [0.29, 0.717) is 12.4 Å². The predicted octanol–water partition coefficient (Wildman–Crippen LogP) is -0.107. The largest absolute Gasteiger partial charge is 0.494 e. The third kappa shape index (κ3) is 5.81. The molecule has 6 N–H and O–H groups in total. The second-order valence-corrected chi connectivity index (χ2v) is 13.1. The first kappa shape index (κ1) is 31.9. The number of aliphatic hydroxyl groups is 2. The molecule has 238 valence electrons. The van der Waals surface area contributed by atoms with Gasteiger partial charge in [0.25, 0.3) is 5.91 Å². The molecule has 3 fully saturated rings. The Morgan fingerprint density at radius 2 is 1.93 bits per heavy atom. The number of hydrogen-bond acceptors (Lipinski definition) is 12. The first-order valence-corrected chi connectivity index (χ1v) is 14.7. The number of imide groups is 1. The molecule has 0 saturated carbocycles. The molecule has 4 aliphatic heterocycles.